The number of aliphatic imine (C=N–C) groups is 1. The van der Waals surface area contributed by atoms with Crippen LogP contribution in [0.5, 0.6) is 0 Å². The van der Waals surface area contributed by atoms with E-state index in [1.54, 1.807) is 0 Å². The van der Waals surface area contributed by atoms with Crippen molar-refractivity contribution in [1.29, 1.82) is 0 Å². The molecular weight excluding hydrogens is 98.1 g/mol. The van der Waals surface area contributed by atoms with Gasteiger partial charge in [-0.25, -0.2) is 0 Å². The van der Waals surface area contributed by atoms with Gasteiger partial charge in [0.05, 0.1) is 6.04 Å². The predicted molar refractivity (Wildman–Crippen MR) is 36.3 cm³/mol. The Balaban J connectivity index is 2.55. The Morgan fingerprint density at radius 2 is 2.50 bits per heavy atom. The van der Waals surface area contributed by atoms with E-state index < -0.39 is 0 Å². The molecule has 0 N–H and O–H groups in total. The van der Waals surface area contributed by atoms with Crippen LogP contribution >= 0.6 is 0 Å². The average Bonchev–Trinajstić information content (AvgIpc) is 2.14. The van der Waals surface area contributed by atoms with Gasteiger partial charge in [0.2, 0.25) is 0 Å². The zero-order chi connectivity index (χ0) is 5.98. The Kier molecular flexibility index (Phi) is 1.47. The fourth-order valence-corrected chi connectivity index (χ4v) is 0.825. The molecule has 0 amide bonds. The summed E-state index contributed by atoms with van der Waals surface area (Å²) < 4.78 is 0. The smallest absolute Gasteiger partial charge is 0.0684 e. The number of hydrogen-bond acceptors (Lipinski definition) is 1. The van der Waals surface area contributed by atoms with Crippen LogP contribution in [0.1, 0.15) is 20.3 Å². The van der Waals surface area contributed by atoms with Crippen LogP contribution in [0.3, 0.4) is 0 Å². The number of nitrogens with zero attached hydrogens (tertiary/aromatic N) is 1. The van der Waals surface area contributed by atoms with Crippen molar-refractivity contribution in [2.45, 2.75) is 26.3 Å². The monoisotopic (exact) mass is 109 g/mol. The summed E-state index contributed by atoms with van der Waals surface area (Å²) in [4.78, 5) is 4.31. The van der Waals surface area contributed by atoms with Crippen molar-refractivity contribution in [2.75, 3.05) is 0 Å². The third-order valence-corrected chi connectivity index (χ3v) is 1.35. The molecule has 0 aromatic heterocycles. The fraction of sp³-hybridized carbons (Fsp3) is 0.571. The summed E-state index contributed by atoms with van der Waals surface area (Å²) in [6, 6.07) is 0.481. The van der Waals surface area contributed by atoms with E-state index in [2.05, 4.69) is 24.1 Å². The van der Waals surface area contributed by atoms with Crippen LogP contribution < -0.4 is 0 Å². The molecular formula is C7H11N. The van der Waals surface area contributed by atoms with E-state index in [4.69, 9.17) is 0 Å². The van der Waals surface area contributed by atoms with Crippen molar-refractivity contribution in [3.8, 4) is 0 Å². The maximum Gasteiger partial charge on any atom is 0.0684 e. The number of allylic oxidation sites excluding steroid dienone is 1. The summed E-state index contributed by atoms with van der Waals surface area (Å²) in [5.41, 5.74) is 1.16. The molecule has 0 bridgehead atoms. The van der Waals surface area contributed by atoms with Crippen LogP contribution in [-0.2, 0) is 0 Å². The molecule has 1 aliphatic heterocycles. The van der Waals surface area contributed by atoms with Crippen LogP contribution in [0.25, 0.3) is 0 Å². The molecule has 8 heavy (non-hydrogen) atoms. The summed E-state index contributed by atoms with van der Waals surface area (Å²) in [7, 11) is 0. The molecule has 1 atom stereocenters. The van der Waals surface area contributed by atoms with Crippen LogP contribution in [-0.4, -0.2) is 11.8 Å². The molecule has 1 nitrogen and oxygen atoms in total. The molecule has 44 valence electrons. The second kappa shape index (κ2) is 2.12. The van der Waals surface area contributed by atoms with E-state index in [0.29, 0.717) is 6.04 Å². The molecule has 1 heterocycles. The van der Waals surface area contributed by atoms with E-state index in [1.807, 2.05) is 6.92 Å². The van der Waals surface area contributed by atoms with Gasteiger partial charge in [-0.15, -0.1) is 0 Å². The quantitative estimate of drug-likeness (QED) is 0.487. The van der Waals surface area contributed by atoms with E-state index in [0.717, 1.165) is 12.1 Å². The third-order valence-electron chi connectivity index (χ3n) is 1.35. The van der Waals surface area contributed by atoms with Gasteiger partial charge >= 0.3 is 0 Å². The topological polar surface area (TPSA) is 12.4 Å². The van der Waals surface area contributed by atoms with Gasteiger partial charge in [0.1, 0.15) is 0 Å². The standard InChI is InChI=1S/C7H11N/c1-3-7-5-4-6(2)8-7/h4-5,7H,3H2,1-2H3. The fourth-order valence-electron chi connectivity index (χ4n) is 0.825. The zero-order valence-electron chi connectivity index (χ0n) is 5.39. The lowest BCUT2D eigenvalue weighted by molar-refractivity contribution is 0.796. The molecule has 1 unspecified atom stereocenters. The highest BCUT2D eigenvalue weighted by Crippen LogP contribution is 2.06. The van der Waals surface area contributed by atoms with Crippen molar-refractivity contribution in [3.63, 3.8) is 0 Å². The van der Waals surface area contributed by atoms with Gasteiger partial charge in [0.15, 0.2) is 0 Å². The summed E-state index contributed by atoms with van der Waals surface area (Å²) >= 11 is 0. The Hall–Kier alpha value is -0.590. The third kappa shape index (κ3) is 0.971. The molecule has 0 aromatic rings. The Labute approximate surface area is 50.1 Å². The molecule has 0 saturated carbocycles. The lowest BCUT2D eigenvalue weighted by Gasteiger charge is -1.94. The van der Waals surface area contributed by atoms with E-state index in [9.17, 15) is 0 Å². The molecule has 0 saturated heterocycles. The van der Waals surface area contributed by atoms with Crippen molar-refractivity contribution in [2.24, 2.45) is 4.99 Å². The van der Waals surface area contributed by atoms with E-state index in [1.165, 1.54) is 0 Å². The Bertz CT molecular complexity index is 133. The minimum Gasteiger partial charge on any atom is -0.283 e. The van der Waals surface area contributed by atoms with E-state index >= 15 is 0 Å². The van der Waals surface area contributed by atoms with Crippen molar-refractivity contribution in [3.05, 3.63) is 12.2 Å². The average molecular weight is 109 g/mol. The zero-order valence-corrected chi connectivity index (χ0v) is 5.39. The minimum atomic E-state index is 0.481. The normalized spacial score (nSPS) is 26.2. The van der Waals surface area contributed by atoms with Crippen molar-refractivity contribution < 1.29 is 0 Å². The first-order chi connectivity index (χ1) is 3.83. The first-order valence-corrected chi connectivity index (χ1v) is 3.05. The highest BCUT2D eigenvalue weighted by Gasteiger charge is 2.02. The van der Waals surface area contributed by atoms with Crippen LogP contribution in [0.15, 0.2) is 17.1 Å². The minimum absolute atomic E-state index is 0.481. The maximum absolute atomic E-state index is 4.31. The second-order valence-electron chi connectivity index (χ2n) is 2.11. The van der Waals surface area contributed by atoms with Crippen molar-refractivity contribution >= 4 is 5.71 Å². The number of hydrogen-bond donors (Lipinski definition) is 0. The van der Waals surface area contributed by atoms with Crippen LogP contribution in [0.2, 0.25) is 0 Å². The molecule has 0 radical (unpaired) electrons. The second-order valence-corrected chi connectivity index (χ2v) is 2.11. The summed E-state index contributed by atoms with van der Waals surface area (Å²) in [5.74, 6) is 0. The first-order valence-electron chi connectivity index (χ1n) is 3.05. The first kappa shape index (κ1) is 5.54. The molecule has 1 rings (SSSR count). The van der Waals surface area contributed by atoms with Gasteiger partial charge in [-0.05, 0) is 19.4 Å². The van der Waals surface area contributed by atoms with E-state index in [-0.39, 0.29) is 0 Å². The van der Waals surface area contributed by atoms with Gasteiger partial charge in [-0.1, -0.05) is 13.0 Å². The van der Waals surface area contributed by atoms with Gasteiger partial charge in [-0.2, -0.15) is 0 Å². The van der Waals surface area contributed by atoms with Crippen molar-refractivity contribution in [1.82, 2.24) is 0 Å². The molecule has 0 aromatic carbocycles. The van der Waals surface area contributed by atoms with Gasteiger partial charge in [0, 0.05) is 5.71 Å². The molecule has 0 spiro atoms. The Morgan fingerprint density at radius 3 is 2.75 bits per heavy atom. The molecule has 0 fully saturated rings. The summed E-state index contributed by atoms with van der Waals surface area (Å²) in [5, 5.41) is 0. The SMILES string of the molecule is CCC1C=CC(C)=N1. The highest BCUT2D eigenvalue weighted by molar-refractivity contribution is 5.94. The highest BCUT2D eigenvalue weighted by atomic mass is 14.8. The molecule has 1 aliphatic rings. The maximum atomic E-state index is 4.31. The lowest BCUT2D eigenvalue weighted by Crippen LogP contribution is -1.92. The van der Waals surface area contributed by atoms with Crippen LogP contribution in [0.4, 0.5) is 0 Å². The molecule has 1 heteroatoms. The summed E-state index contributed by atoms with van der Waals surface area (Å²) in [6.07, 6.45) is 5.36. The Morgan fingerprint density at radius 1 is 1.75 bits per heavy atom. The largest absolute Gasteiger partial charge is 0.283 e. The lowest BCUT2D eigenvalue weighted by atomic mass is 10.2. The van der Waals surface area contributed by atoms with Gasteiger partial charge < -0.3 is 0 Å². The van der Waals surface area contributed by atoms with Gasteiger partial charge in [0.25, 0.3) is 0 Å². The summed E-state index contributed by atoms with van der Waals surface area (Å²) in [6.45, 7) is 4.18. The van der Waals surface area contributed by atoms with Crippen LogP contribution in [0, 0.1) is 0 Å². The number of rotatable bonds is 1. The molecule has 0 aliphatic carbocycles. The predicted octanol–water partition coefficient (Wildman–Crippen LogP) is 1.80. The van der Waals surface area contributed by atoms with Gasteiger partial charge in [-0.3, -0.25) is 4.99 Å².